The van der Waals surface area contributed by atoms with Crippen molar-refractivity contribution in [1.82, 2.24) is 0 Å². The summed E-state index contributed by atoms with van der Waals surface area (Å²) in [5.74, 6) is -0.677. The first-order chi connectivity index (χ1) is 38.9. The van der Waals surface area contributed by atoms with Gasteiger partial charge in [-0.2, -0.15) is 0 Å². The third-order valence-electron chi connectivity index (χ3n) is 14.6. The zero-order chi connectivity index (χ0) is 60.1. The van der Waals surface area contributed by atoms with Gasteiger partial charge in [-0.3, -0.25) is 37.3 Å². The van der Waals surface area contributed by atoms with E-state index in [0.29, 0.717) is 31.6 Å². The number of phosphoric acid groups is 2. The molecular formula is C62H120O17P2. The van der Waals surface area contributed by atoms with Crippen LogP contribution in [-0.2, 0) is 65.4 Å². The number of ether oxygens (including phenoxy) is 4. The van der Waals surface area contributed by atoms with Crippen molar-refractivity contribution in [1.29, 1.82) is 0 Å². The Bertz CT molecular complexity index is 1600. The third kappa shape index (κ3) is 55.7. The molecule has 0 saturated heterocycles. The largest absolute Gasteiger partial charge is 0.472 e. The maximum atomic E-state index is 13.0. The molecule has 0 spiro atoms. The Balaban J connectivity index is 5.19. The lowest BCUT2D eigenvalue weighted by atomic mass is 9.99. The second-order valence-electron chi connectivity index (χ2n) is 23.2. The van der Waals surface area contributed by atoms with E-state index in [2.05, 4.69) is 41.5 Å². The van der Waals surface area contributed by atoms with Gasteiger partial charge in [0.2, 0.25) is 0 Å². The van der Waals surface area contributed by atoms with Gasteiger partial charge in [0, 0.05) is 25.7 Å². The lowest BCUT2D eigenvalue weighted by molar-refractivity contribution is -0.161. The van der Waals surface area contributed by atoms with Gasteiger partial charge in [0.1, 0.15) is 19.3 Å². The zero-order valence-corrected chi connectivity index (χ0v) is 53.9. The molecule has 17 nitrogen and oxygen atoms in total. The highest BCUT2D eigenvalue weighted by molar-refractivity contribution is 7.47. The van der Waals surface area contributed by atoms with Crippen LogP contribution in [0, 0.1) is 11.8 Å². The fourth-order valence-corrected chi connectivity index (χ4v) is 10.7. The molecule has 81 heavy (non-hydrogen) atoms. The van der Waals surface area contributed by atoms with Crippen LogP contribution in [0.2, 0.25) is 0 Å². The summed E-state index contributed by atoms with van der Waals surface area (Å²) >= 11 is 0. The summed E-state index contributed by atoms with van der Waals surface area (Å²) < 4.78 is 67.7. The van der Waals surface area contributed by atoms with Crippen molar-refractivity contribution < 1.29 is 80.2 Å². The number of unbranched alkanes of at least 4 members (excludes halogenated alkanes) is 30. The maximum absolute atomic E-state index is 13.0. The Hall–Kier alpha value is -1.94. The minimum absolute atomic E-state index is 0.101. The molecular weight excluding hydrogens is 1080 g/mol. The first kappa shape index (κ1) is 79.1. The summed E-state index contributed by atoms with van der Waals surface area (Å²) in [6, 6.07) is 0. The predicted octanol–water partition coefficient (Wildman–Crippen LogP) is 16.9. The average molecular weight is 1200 g/mol. The van der Waals surface area contributed by atoms with Gasteiger partial charge < -0.3 is 33.8 Å². The number of aliphatic hydroxyl groups excluding tert-OH is 1. The van der Waals surface area contributed by atoms with Crippen molar-refractivity contribution in [2.24, 2.45) is 11.8 Å². The Morgan fingerprint density at radius 1 is 0.358 bits per heavy atom. The summed E-state index contributed by atoms with van der Waals surface area (Å²) in [6.07, 6.45) is 36.6. The summed E-state index contributed by atoms with van der Waals surface area (Å²) in [5.41, 5.74) is 0. The number of carbonyl (C=O) groups is 4. The lowest BCUT2D eigenvalue weighted by Crippen LogP contribution is -2.30. The minimum Gasteiger partial charge on any atom is -0.462 e. The highest BCUT2D eigenvalue weighted by Gasteiger charge is 2.30. The molecule has 3 unspecified atom stereocenters. The summed E-state index contributed by atoms with van der Waals surface area (Å²) in [7, 11) is -9.87. The summed E-state index contributed by atoms with van der Waals surface area (Å²) in [5, 5.41) is 10.5. The van der Waals surface area contributed by atoms with Gasteiger partial charge >= 0.3 is 39.5 Å². The van der Waals surface area contributed by atoms with Crippen LogP contribution in [0.3, 0.4) is 0 Å². The number of esters is 4. The van der Waals surface area contributed by atoms with Crippen molar-refractivity contribution >= 4 is 39.5 Å². The quantitative estimate of drug-likeness (QED) is 0.0222. The van der Waals surface area contributed by atoms with Crippen LogP contribution >= 0.6 is 15.6 Å². The average Bonchev–Trinajstić information content (AvgIpc) is 3.43. The molecule has 0 amide bonds. The van der Waals surface area contributed by atoms with Crippen LogP contribution in [0.4, 0.5) is 0 Å². The predicted molar refractivity (Wildman–Crippen MR) is 321 cm³/mol. The number of hydrogen-bond donors (Lipinski definition) is 3. The smallest absolute Gasteiger partial charge is 0.462 e. The van der Waals surface area contributed by atoms with E-state index in [1.54, 1.807) is 0 Å². The van der Waals surface area contributed by atoms with E-state index in [-0.39, 0.29) is 25.7 Å². The number of hydrogen-bond acceptors (Lipinski definition) is 15. The van der Waals surface area contributed by atoms with Gasteiger partial charge in [0.25, 0.3) is 0 Å². The molecule has 480 valence electrons. The number of carbonyl (C=O) groups excluding carboxylic acids is 4. The molecule has 0 aliphatic heterocycles. The molecule has 0 saturated carbocycles. The molecule has 0 rings (SSSR count). The molecule has 0 fully saturated rings. The molecule has 0 aliphatic rings. The van der Waals surface area contributed by atoms with Crippen LogP contribution in [0.25, 0.3) is 0 Å². The first-order valence-corrected chi connectivity index (χ1v) is 35.5. The Kier molecular flexibility index (Phi) is 53.4. The second kappa shape index (κ2) is 54.7. The lowest BCUT2D eigenvalue weighted by Gasteiger charge is -2.21. The van der Waals surface area contributed by atoms with Gasteiger partial charge in [0.15, 0.2) is 12.2 Å². The van der Waals surface area contributed by atoms with Crippen LogP contribution < -0.4 is 0 Å². The van der Waals surface area contributed by atoms with Gasteiger partial charge in [0.05, 0.1) is 26.4 Å². The molecule has 0 aromatic rings. The Morgan fingerprint density at radius 2 is 0.630 bits per heavy atom. The fourth-order valence-electron chi connectivity index (χ4n) is 9.15. The summed E-state index contributed by atoms with van der Waals surface area (Å²) in [4.78, 5) is 71.9. The highest BCUT2D eigenvalue weighted by Crippen LogP contribution is 2.45. The molecule has 0 aliphatic carbocycles. The Morgan fingerprint density at radius 3 is 0.938 bits per heavy atom. The van der Waals surface area contributed by atoms with Gasteiger partial charge in [-0.1, -0.05) is 253 Å². The van der Waals surface area contributed by atoms with E-state index in [4.69, 9.17) is 37.0 Å². The van der Waals surface area contributed by atoms with E-state index in [1.165, 1.54) is 116 Å². The fraction of sp³-hybridized carbons (Fsp3) is 0.935. The van der Waals surface area contributed by atoms with Crippen molar-refractivity contribution in [3.8, 4) is 0 Å². The van der Waals surface area contributed by atoms with Crippen LogP contribution in [0.1, 0.15) is 305 Å². The number of aliphatic hydroxyl groups is 1. The second-order valence-corrected chi connectivity index (χ2v) is 26.1. The van der Waals surface area contributed by atoms with Crippen molar-refractivity contribution in [2.45, 2.75) is 323 Å². The zero-order valence-electron chi connectivity index (χ0n) is 52.1. The first-order valence-electron chi connectivity index (χ1n) is 32.5. The minimum atomic E-state index is -4.94. The van der Waals surface area contributed by atoms with E-state index in [1.807, 2.05) is 0 Å². The normalized spacial score (nSPS) is 14.7. The Labute approximate surface area is 492 Å². The molecule has 19 heteroatoms. The molecule has 0 radical (unpaired) electrons. The monoisotopic (exact) mass is 1200 g/mol. The van der Waals surface area contributed by atoms with Gasteiger partial charge in [-0.15, -0.1) is 0 Å². The van der Waals surface area contributed by atoms with Crippen LogP contribution in [0.15, 0.2) is 0 Å². The van der Waals surface area contributed by atoms with E-state index in [9.17, 15) is 43.2 Å². The van der Waals surface area contributed by atoms with E-state index in [0.717, 1.165) is 102 Å². The molecule has 0 aromatic heterocycles. The maximum Gasteiger partial charge on any atom is 0.472 e. The number of phosphoric ester groups is 2. The van der Waals surface area contributed by atoms with Crippen molar-refractivity contribution in [2.75, 3.05) is 39.6 Å². The molecule has 3 N–H and O–H groups in total. The molecule has 0 heterocycles. The van der Waals surface area contributed by atoms with Crippen LogP contribution in [0.5, 0.6) is 0 Å². The number of rotatable bonds is 61. The molecule has 0 aromatic carbocycles. The SMILES string of the molecule is CCCCCCCCCCCCCCCC(=O)OC[C@H](COP(=O)(O)OC[C@@H](O)COP(=O)(O)OC[C@@H](COC(=O)CCCCCCC)OC(=O)CCCCCCCCC(C)C)OC(=O)CCCCCCCCCCCCC(C)CC. The van der Waals surface area contributed by atoms with Crippen molar-refractivity contribution in [3.63, 3.8) is 0 Å². The highest BCUT2D eigenvalue weighted by atomic mass is 31.2. The third-order valence-corrected chi connectivity index (χ3v) is 16.5. The molecule has 6 atom stereocenters. The van der Waals surface area contributed by atoms with E-state index < -0.39 is 97.5 Å². The van der Waals surface area contributed by atoms with Gasteiger partial charge in [-0.25, -0.2) is 9.13 Å². The molecule has 0 bridgehead atoms. The van der Waals surface area contributed by atoms with Gasteiger partial charge in [-0.05, 0) is 37.5 Å². The standard InChI is InChI=1S/C62H120O17P2/c1-7-10-12-14-15-16-17-18-19-23-26-33-39-45-60(65)73-51-58(78-61(66)46-40-34-27-24-21-20-22-25-32-37-43-55(6)9-3)53-77-81(70,71)75-49-56(63)48-74-80(68,69)76-52-57(50-72-59(64)44-38-30-13-11-8-2)79-62(67)47-41-35-29-28-31-36-42-54(4)5/h54-58,63H,7-53H2,1-6H3,(H,68,69)(H,70,71)/t55?,56-,57+,58+/m0/s1. The van der Waals surface area contributed by atoms with Crippen molar-refractivity contribution in [3.05, 3.63) is 0 Å². The summed E-state index contributed by atoms with van der Waals surface area (Å²) in [6.45, 7) is 9.32. The van der Waals surface area contributed by atoms with Crippen LogP contribution in [-0.4, -0.2) is 96.7 Å². The van der Waals surface area contributed by atoms with E-state index >= 15 is 0 Å². The topological polar surface area (TPSA) is 237 Å².